The highest BCUT2D eigenvalue weighted by Gasteiger charge is 2.38. The van der Waals surface area contributed by atoms with Gasteiger partial charge in [-0.3, -0.25) is 14.9 Å². The molecule has 2 N–H and O–H groups in total. The lowest BCUT2D eigenvalue weighted by atomic mass is 10.1. The van der Waals surface area contributed by atoms with E-state index in [0.717, 1.165) is 6.07 Å². The molecular weight excluding hydrogens is 391 g/mol. The van der Waals surface area contributed by atoms with Crippen molar-refractivity contribution in [2.75, 3.05) is 11.5 Å². The number of hydrogen-bond donors (Lipinski definition) is 2. The minimum absolute atomic E-state index is 0.0523. The summed E-state index contributed by atoms with van der Waals surface area (Å²) in [6, 6.07) is 6.82. The van der Waals surface area contributed by atoms with Crippen LogP contribution in [-0.2, 0) is 9.59 Å². The van der Waals surface area contributed by atoms with Gasteiger partial charge in [-0.25, -0.2) is 14.1 Å². The van der Waals surface area contributed by atoms with Crippen LogP contribution in [-0.4, -0.2) is 29.6 Å². The fourth-order valence-corrected chi connectivity index (χ4v) is 2.84. The first-order valence-corrected chi connectivity index (χ1v) is 8.52. The first-order chi connectivity index (χ1) is 13.3. The summed E-state index contributed by atoms with van der Waals surface area (Å²) in [5.41, 5.74) is -0.429. The molecule has 0 atom stereocenters. The second-order valence-electron chi connectivity index (χ2n) is 5.69. The van der Waals surface area contributed by atoms with E-state index >= 15 is 0 Å². The summed E-state index contributed by atoms with van der Waals surface area (Å²) in [6.07, 6.45) is 1.17. The smallest absolute Gasteiger partial charge is 0.336 e. The summed E-state index contributed by atoms with van der Waals surface area (Å²) in [7, 11) is 0. The third-order valence-corrected chi connectivity index (χ3v) is 4.14. The first-order valence-electron chi connectivity index (χ1n) is 8.14. The molecule has 0 bridgehead atoms. The van der Waals surface area contributed by atoms with Gasteiger partial charge < -0.3 is 9.84 Å². The fraction of sp³-hybridized carbons (Fsp3) is 0.105. The lowest BCUT2D eigenvalue weighted by molar-refractivity contribution is -0.122. The van der Waals surface area contributed by atoms with Gasteiger partial charge in [0.1, 0.15) is 11.4 Å². The van der Waals surface area contributed by atoms with Crippen LogP contribution < -0.4 is 15.0 Å². The molecule has 3 rings (SSSR count). The molecule has 0 aromatic heterocycles. The number of para-hydroxylation sites is 1. The Morgan fingerprint density at radius 3 is 2.64 bits per heavy atom. The molecule has 1 saturated heterocycles. The van der Waals surface area contributed by atoms with Crippen molar-refractivity contribution in [3.05, 3.63) is 58.4 Å². The highest BCUT2D eigenvalue weighted by atomic mass is 35.5. The Hall–Kier alpha value is -3.39. The number of phenols is 1. The van der Waals surface area contributed by atoms with Crippen molar-refractivity contribution in [1.82, 2.24) is 5.32 Å². The summed E-state index contributed by atoms with van der Waals surface area (Å²) in [5.74, 6) is -2.96. The molecule has 2 aromatic carbocycles. The normalized spacial score (nSPS) is 15.8. The van der Waals surface area contributed by atoms with E-state index in [4.69, 9.17) is 16.3 Å². The zero-order valence-corrected chi connectivity index (χ0v) is 15.3. The van der Waals surface area contributed by atoms with Crippen molar-refractivity contribution >= 4 is 41.2 Å². The lowest BCUT2D eigenvalue weighted by Crippen LogP contribution is -2.54. The largest absolute Gasteiger partial charge is 0.503 e. The standard InChI is InChI=1S/C19H14ClFN2O5/c1-2-28-15-9-10(8-12(20)16(15)24)7-11-17(25)22-19(27)23(18(11)26)14-6-4-3-5-13(14)21/h3-9,24H,2H2,1H3,(H,22,25,27). The van der Waals surface area contributed by atoms with E-state index < -0.39 is 29.2 Å². The number of anilines is 1. The molecule has 2 aromatic rings. The molecule has 0 unspecified atom stereocenters. The van der Waals surface area contributed by atoms with Gasteiger partial charge in [-0.15, -0.1) is 0 Å². The molecule has 0 radical (unpaired) electrons. The van der Waals surface area contributed by atoms with Crippen LogP contribution in [0.25, 0.3) is 6.08 Å². The summed E-state index contributed by atoms with van der Waals surface area (Å²) in [4.78, 5) is 37.6. The van der Waals surface area contributed by atoms with Gasteiger partial charge in [0.25, 0.3) is 11.8 Å². The van der Waals surface area contributed by atoms with Crippen LogP contribution in [0.3, 0.4) is 0 Å². The summed E-state index contributed by atoms with van der Waals surface area (Å²) >= 11 is 5.95. The number of benzene rings is 2. The predicted molar refractivity (Wildman–Crippen MR) is 99.7 cm³/mol. The maximum atomic E-state index is 14.1. The second-order valence-corrected chi connectivity index (χ2v) is 6.10. The number of rotatable bonds is 4. The average molecular weight is 405 g/mol. The van der Waals surface area contributed by atoms with Gasteiger partial charge in [0, 0.05) is 0 Å². The molecule has 0 spiro atoms. The van der Waals surface area contributed by atoms with Crippen molar-refractivity contribution in [1.29, 1.82) is 0 Å². The molecule has 28 heavy (non-hydrogen) atoms. The molecule has 9 heteroatoms. The zero-order chi connectivity index (χ0) is 20.4. The fourth-order valence-electron chi connectivity index (χ4n) is 2.62. The number of ether oxygens (including phenoxy) is 1. The molecule has 7 nitrogen and oxygen atoms in total. The van der Waals surface area contributed by atoms with Gasteiger partial charge in [-0.1, -0.05) is 23.7 Å². The Morgan fingerprint density at radius 2 is 1.96 bits per heavy atom. The molecule has 1 heterocycles. The van der Waals surface area contributed by atoms with E-state index in [-0.39, 0.29) is 34.4 Å². The van der Waals surface area contributed by atoms with Crippen molar-refractivity contribution < 1.29 is 28.6 Å². The number of aromatic hydroxyl groups is 1. The van der Waals surface area contributed by atoms with Crippen LogP contribution in [0.15, 0.2) is 42.0 Å². The number of carbonyl (C=O) groups is 3. The van der Waals surface area contributed by atoms with Crippen LogP contribution in [0.2, 0.25) is 5.02 Å². The topological polar surface area (TPSA) is 95.9 Å². The molecule has 1 aliphatic rings. The Balaban J connectivity index is 2.06. The molecule has 0 saturated carbocycles. The van der Waals surface area contributed by atoms with Gasteiger partial charge >= 0.3 is 6.03 Å². The van der Waals surface area contributed by atoms with Crippen LogP contribution in [0.5, 0.6) is 11.5 Å². The number of amides is 4. The molecule has 1 fully saturated rings. The van der Waals surface area contributed by atoms with Gasteiger partial charge in [0.2, 0.25) is 0 Å². The maximum absolute atomic E-state index is 14.1. The summed E-state index contributed by atoms with van der Waals surface area (Å²) < 4.78 is 19.3. The third-order valence-electron chi connectivity index (χ3n) is 3.86. The van der Waals surface area contributed by atoms with E-state index in [2.05, 4.69) is 0 Å². The minimum atomic E-state index is -1.06. The summed E-state index contributed by atoms with van der Waals surface area (Å²) in [5, 5.41) is 11.8. The molecule has 1 aliphatic heterocycles. The Labute approximate surface area is 164 Å². The van der Waals surface area contributed by atoms with E-state index in [1.807, 2.05) is 5.32 Å². The molecule has 144 valence electrons. The predicted octanol–water partition coefficient (Wildman–Crippen LogP) is 3.25. The van der Waals surface area contributed by atoms with Crippen LogP contribution >= 0.6 is 11.6 Å². The number of carbonyl (C=O) groups excluding carboxylic acids is 3. The maximum Gasteiger partial charge on any atom is 0.336 e. The highest BCUT2D eigenvalue weighted by Crippen LogP contribution is 2.36. The Bertz CT molecular complexity index is 1020. The van der Waals surface area contributed by atoms with E-state index in [9.17, 15) is 23.9 Å². The van der Waals surface area contributed by atoms with Crippen molar-refractivity contribution in [3.8, 4) is 11.5 Å². The molecule has 4 amide bonds. The van der Waals surface area contributed by atoms with Crippen molar-refractivity contribution in [2.45, 2.75) is 6.92 Å². The number of barbiturate groups is 1. The first kappa shape index (κ1) is 19.4. The van der Waals surface area contributed by atoms with Gasteiger partial charge in [0.15, 0.2) is 11.5 Å². The summed E-state index contributed by atoms with van der Waals surface area (Å²) in [6.45, 7) is 1.95. The average Bonchev–Trinajstić information content (AvgIpc) is 2.64. The number of nitrogens with one attached hydrogen (secondary N) is 1. The highest BCUT2D eigenvalue weighted by molar-refractivity contribution is 6.39. The number of urea groups is 1. The van der Waals surface area contributed by atoms with Gasteiger partial charge in [-0.05, 0) is 42.8 Å². The van der Waals surface area contributed by atoms with Crippen LogP contribution in [0.1, 0.15) is 12.5 Å². The van der Waals surface area contributed by atoms with Gasteiger partial charge in [0.05, 0.1) is 17.3 Å². The number of nitrogens with zero attached hydrogens (tertiary/aromatic N) is 1. The van der Waals surface area contributed by atoms with E-state index in [1.165, 1.54) is 36.4 Å². The quantitative estimate of drug-likeness (QED) is 0.602. The van der Waals surface area contributed by atoms with Crippen LogP contribution in [0, 0.1) is 5.82 Å². The number of hydrogen-bond acceptors (Lipinski definition) is 5. The monoisotopic (exact) mass is 404 g/mol. The number of imide groups is 2. The van der Waals surface area contributed by atoms with Gasteiger partial charge in [-0.2, -0.15) is 0 Å². The van der Waals surface area contributed by atoms with E-state index in [0.29, 0.717) is 4.90 Å². The minimum Gasteiger partial charge on any atom is -0.503 e. The van der Waals surface area contributed by atoms with Crippen molar-refractivity contribution in [2.24, 2.45) is 0 Å². The number of halogens is 2. The third kappa shape index (κ3) is 3.54. The second kappa shape index (κ2) is 7.69. The molecular formula is C19H14ClFN2O5. The Morgan fingerprint density at radius 1 is 1.25 bits per heavy atom. The SMILES string of the molecule is CCOc1cc(C=C2C(=O)NC(=O)N(c3ccccc3F)C2=O)cc(Cl)c1O. The lowest BCUT2D eigenvalue weighted by Gasteiger charge is -2.26. The Kier molecular flexibility index (Phi) is 5.32. The zero-order valence-electron chi connectivity index (χ0n) is 14.5. The molecule has 0 aliphatic carbocycles. The van der Waals surface area contributed by atoms with Crippen molar-refractivity contribution in [3.63, 3.8) is 0 Å². The van der Waals surface area contributed by atoms with Crippen LogP contribution in [0.4, 0.5) is 14.9 Å². The van der Waals surface area contributed by atoms with E-state index in [1.54, 1.807) is 6.92 Å². The number of phenolic OH excluding ortho intramolecular Hbond substituents is 1.